The maximum absolute atomic E-state index is 5.38. The molecule has 0 saturated carbocycles. The highest BCUT2D eigenvalue weighted by Crippen LogP contribution is 2.37. The Labute approximate surface area is 199 Å². The van der Waals surface area contributed by atoms with Crippen molar-refractivity contribution < 1.29 is 9.47 Å². The Morgan fingerprint density at radius 3 is 1.26 bits per heavy atom. The normalized spacial score (nSPS) is 11.2. The molecule has 0 aliphatic heterocycles. The second-order valence-corrected chi connectivity index (χ2v) is 8.56. The fourth-order valence-corrected chi connectivity index (χ4v) is 4.85. The van der Waals surface area contributed by atoms with Crippen LogP contribution in [0.4, 0.5) is 0 Å². The summed E-state index contributed by atoms with van der Waals surface area (Å²) < 4.78 is 10.8. The van der Waals surface area contributed by atoms with E-state index in [0.29, 0.717) is 0 Å². The molecule has 0 N–H and O–H groups in total. The highest BCUT2D eigenvalue weighted by Gasteiger charge is 2.10. The molecule has 0 bridgehead atoms. The summed E-state index contributed by atoms with van der Waals surface area (Å²) in [4.78, 5) is 0. The second-order valence-electron chi connectivity index (χ2n) is 8.56. The average Bonchev–Trinajstić information content (AvgIpc) is 2.91. The van der Waals surface area contributed by atoms with E-state index in [1.54, 1.807) is 14.2 Å². The van der Waals surface area contributed by atoms with Gasteiger partial charge in [0, 0.05) is 0 Å². The lowest BCUT2D eigenvalue weighted by Gasteiger charge is -2.13. The Morgan fingerprint density at radius 2 is 0.824 bits per heavy atom. The smallest absolute Gasteiger partial charge is 0.119 e. The minimum absolute atomic E-state index is 0.879. The lowest BCUT2D eigenvalue weighted by molar-refractivity contribution is 0.415. The van der Waals surface area contributed by atoms with E-state index in [9.17, 15) is 0 Å². The molecule has 6 rings (SSSR count). The number of benzene rings is 6. The second kappa shape index (κ2) is 8.24. The van der Waals surface area contributed by atoms with E-state index >= 15 is 0 Å². The maximum atomic E-state index is 5.38. The Hall–Kier alpha value is -4.30. The van der Waals surface area contributed by atoms with Gasteiger partial charge in [0.25, 0.3) is 0 Å². The molecule has 0 spiro atoms. The molecule has 34 heavy (non-hydrogen) atoms. The summed E-state index contributed by atoms with van der Waals surface area (Å²) >= 11 is 0. The van der Waals surface area contributed by atoms with Crippen LogP contribution in [0.5, 0.6) is 11.5 Å². The zero-order valence-electron chi connectivity index (χ0n) is 19.2. The minimum atomic E-state index is 0.879. The molecular weight excluding hydrogens is 416 g/mol. The molecule has 0 unspecified atom stereocenters. The van der Waals surface area contributed by atoms with Gasteiger partial charge >= 0.3 is 0 Å². The molecule has 6 aromatic carbocycles. The average molecular weight is 441 g/mol. The third kappa shape index (κ3) is 3.45. The van der Waals surface area contributed by atoms with Crippen molar-refractivity contribution in [1.82, 2.24) is 0 Å². The zero-order valence-corrected chi connectivity index (χ0v) is 19.2. The number of hydrogen-bond donors (Lipinski definition) is 0. The standard InChI is InChI=1S/C32H24O2/c1-33-27-15-13-21-17-25(11-9-23(21)19-27)29-5-3-8-32-30(6-4-7-31(29)32)26-12-10-24-20-28(34-2)16-14-22(24)18-26/h3-20H,1-2H3. The van der Waals surface area contributed by atoms with Crippen LogP contribution in [0.1, 0.15) is 0 Å². The topological polar surface area (TPSA) is 18.5 Å². The van der Waals surface area contributed by atoms with E-state index in [0.717, 1.165) is 11.5 Å². The van der Waals surface area contributed by atoms with Gasteiger partial charge in [0.05, 0.1) is 14.2 Å². The number of hydrogen-bond acceptors (Lipinski definition) is 2. The van der Waals surface area contributed by atoms with Crippen LogP contribution in [0.3, 0.4) is 0 Å². The largest absolute Gasteiger partial charge is 0.497 e. The van der Waals surface area contributed by atoms with Crippen molar-refractivity contribution in [3.63, 3.8) is 0 Å². The Morgan fingerprint density at radius 1 is 0.412 bits per heavy atom. The summed E-state index contributed by atoms with van der Waals surface area (Å²) in [5.74, 6) is 1.76. The predicted molar refractivity (Wildman–Crippen MR) is 143 cm³/mol. The zero-order chi connectivity index (χ0) is 23.1. The maximum Gasteiger partial charge on any atom is 0.119 e. The van der Waals surface area contributed by atoms with Crippen molar-refractivity contribution in [1.29, 1.82) is 0 Å². The molecule has 0 aliphatic carbocycles. The highest BCUT2D eigenvalue weighted by atomic mass is 16.5. The van der Waals surface area contributed by atoms with Crippen molar-refractivity contribution in [2.75, 3.05) is 14.2 Å². The molecule has 2 heteroatoms. The molecule has 0 amide bonds. The Balaban J connectivity index is 1.49. The van der Waals surface area contributed by atoms with Gasteiger partial charge in [-0.2, -0.15) is 0 Å². The van der Waals surface area contributed by atoms with Crippen LogP contribution in [-0.2, 0) is 0 Å². The molecule has 164 valence electrons. The van der Waals surface area contributed by atoms with Crippen LogP contribution in [0.15, 0.2) is 109 Å². The van der Waals surface area contributed by atoms with Gasteiger partial charge in [0.15, 0.2) is 0 Å². The van der Waals surface area contributed by atoms with Gasteiger partial charge in [-0.3, -0.25) is 0 Å². The van der Waals surface area contributed by atoms with Crippen molar-refractivity contribution >= 4 is 32.3 Å². The fraction of sp³-hybridized carbons (Fsp3) is 0.0625. The number of methoxy groups -OCH3 is 2. The summed E-state index contributed by atoms with van der Waals surface area (Å²) in [6.45, 7) is 0. The van der Waals surface area contributed by atoms with Crippen molar-refractivity contribution in [2.45, 2.75) is 0 Å². The van der Waals surface area contributed by atoms with Crippen LogP contribution < -0.4 is 9.47 Å². The first-order valence-electron chi connectivity index (χ1n) is 11.4. The highest BCUT2D eigenvalue weighted by molar-refractivity contribution is 6.06. The van der Waals surface area contributed by atoms with E-state index in [1.807, 2.05) is 12.1 Å². The SMILES string of the molecule is COc1ccc2cc(-c3cccc4c(-c5ccc6cc(OC)ccc6c5)cccc34)ccc2c1. The van der Waals surface area contributed by atoms with Crippen molar-refractivity contribution in [3.05, 3.63) is 109 Å². The van der Waals surface area contributed by atoms with Gasteiger partial charge in [-0.25, -0.2) is 0 Å². The minimum Gasteiger partial charge on any atom is -0.497 e. The molecule has 0 saturated heterocycles. The van der Waals surface area contributed by atoms with Crippen LogP contribution in [0.25, 0.3) is 54.6 Å². The summed E-state index contributed by atoms with van der Waals surface area (Å²) in [5, 5.41) is 7.27. The van der Waals surface area contributed by atoms with Crippen LogP contribution >= 0.6 is 0 Å². The van der Waals surface area contributed by atoms with Crippen molar-refractivity contribution in [2.24, 2.45) is 0 Å². The van der Waals surface area contributed by atoms with E-state index in [2.05, 4.69) is 97.1 Å². The molecule has 0 radical (unpaired) electrons. The molecule has 0 aliphatic rings. The van der Waals surface area contributed by atoms with E-state index in [1.165, 1.54) is 54.6 Å². The molecule has 0 aromatic heterocycles. The molecule has 2 nitrogen and oxygen atoms in total. The lowest BCUT2D eigenvalue weighted by atomic mass is 9.91. The summed E-state index contributed by atoms with van der Waals surface area (Å²) in [5.41, 5.74) is 4.90. The quantitative estimate of drug-likeness (QED) is 0.274. The van der Waals surface area contributed by atoms with Gasteiger partial charge in [-0.15, -0.1) is 0 Å². The van der Waals surface area contributed by atoms with E-state index < -0.39 is 0 Å². The van der Waals surface area contributed by atoms with E-state index in [4.69, 9.17) is 9.47 Å². The first kappa shape index (κ1) is 20.3. The Bertz CT molecular complexity index is 1550. The summed E-state index contributed by atoms with van der Waals surface area (Å²) in [6.07, 6.45) is 0. The molecule has 0 fully saturated rings. The number of fused-ring (bicyclic) bond motifs is 3. The first-order valence-corrected chi connectivity index (χ1v) is 11.4. The molecular formula is C32H24O2. The van der Waals surface area contributed by atoms with Gasteiger partial charge in [0.2, 0.25) is 0 Å². The monoisotopic (exact) mass is 440 g/mol. The first-order chi connectivity index (χ1) is 16.7. The predicted octanol–water partition coefficient (Wildman–Crippen LogP) is 8.50. The summed E-state index contributed by atoms with van der Waals surface area (Å²) in [6, 6.07) is 38.9. The molecule has 6 aromatic rings. The Kier molecular flexibility index (Phi) is 4.92. The van der Waals surface area contributed by atoms with Gasteiger partial charge < -0.3 is 9.47 Å². The van der Waals surface area contributed by atoms with Crippen molar-refractivity contribution in [3.8, 4) is 33.8 Å². The molecule has 0 atom stereocenters. The van der Waals surface area contributed by atoms with E-state index in [-0.39, 0.29) is 0 Å². The van der Waals surface area contributed by atoms with Crippen LogP contribution in [-0.4, -0.2) is 14.2 Å². The lowest BCUT2D eigenvalue weighted by Crippen LogP contribution is -1.87. The number of rotatable bonds is 4. The number of ether oxygens (including phenoxy) is 2. The van der Waals surface area contributed by atoms with Gasteiger partial charge in [-0.1, -0.05) is 72.8 Å². The summed E-state index contributed by atoms with van der Waals surface area (Å²) in [7, 11) is 3.41. The van der Waals surface area contributed by atoms with Gasteiger partial charge in [-0.05, 0) is 91.0 Å². The molecule has 0 heterocycles. The third-order valence-corrected chi connectivity index (χ3v) is 6.64. The third-order valence-electron chi connectivity index (χ3n) is 6.64. The van der Waals surface area contributed by atoms with Gasteiger partial charge in [0.1, 0.15) is 11.5 Å². The van der Waals surface area contributed by atoms with Crippen LogP contribution in [0.2, 0.25) is 0 Å². The van der Waals surface area contributed by atoms with Crippen LogP contribution in [0, 0.1) is 0 Å². The fourth-order valence-electron chi connectivity index (χ4n) is 4.85.